The second-order valence-electron chi connectivity index (χ2n) is 8.54. The van der Waals surface area contributed by atoms with Gasteiger partial charge < -0.3 is 9.47 Å². The molecule has 4 aromatic rings. The minimum absolute atomic E-state index is 0.0380. The largest absolute Gasteiger partial charge is 0.493 e. The van der Waals surface area contributed by atoms with Gasteiger partial charge in [0, 0.05) is 5.56 Å². The van der Waals surface area contributed by atoms with Gasteiger partial charge in [-0.1, -0.05) is 60.7 Å². The van der Waals surface area contributed by atoms with Crippen molar-refractivity contribution in [2.45, 2.75) is 18.4 Å². The fourth-order valence-corrected chi connectivity index (χ4v) is 5.47. The number of carbonyl (C=O) groups excluding carboxylic acids is 1. The predicted molar refractivity (Wildman–Crippen MR) is 152 cm³/mol. The number of carbonyl (C=O) groups is 1. The Balaban J connectivity index is 1.69. The molecule has 39 heavy (non-hydrogen) atoms. The molecule has 0 aliphatic rings. The van der Waals surface area contributed by atoms with Gasteiger partial charge in [-0.15, -0.1) is 0 Å². The molecule has 0 spiro atoms. The van der Waals surface area contributed by atoms with Crippen LogP contribution < -0.4 is 19.2 Å². The molecule has 9 heteroatoms. The number of hydrogen-bond donors (Lipinski definition) is 1. The van der Waals surface area contributed by atoms with E-state index in [1.54, 1.807) is 74.7 Å². The van der Waals surface area contributed by atoms with Gasteiger partial charge >= 0.3 is 0 Å². The highest BCUT2D eigenvalue weighted by molar-refractivity contribution is 7.92. The molecule has 0 bridgehead atoms. The van der Waals surface area contributed by atoms with Crippen molar-refractivity contribution in [3.8, 4) is 11.5 Å². The molecule has 0 unspecified atom stereocenters. The fourth-order valence-electron chi connectivity index (χ4n) is 3.97. The summed E-state index contributed by atoms with van der Waals surface area (Å²) in [7, 11) is -0.915. The van der Waals surface area contributed by atoms with E-state index in [9.17, 15) is 13.2 Å². The van der Waals surface area contributed by atoms with Crippen LogP contribution in [-0.2, 0) is 16.6 Å². The van der Waals surface area contributed by atoms with Crippen LogP contribution in [0.25, 0.3) is 0 Å². The predicted octanol–water partition coefficient (Wildman–Crippen LogP) is 5.25. The van der Waals surface area contributed by atoms with E-state index in [0.717, 1.165) is 11.1 Å². The first kappa shape index (κ1) is 27.4. The number of hydrogen-bond acceptors (Lipinski definition) is 6. The maximum absolute atomic E-state index is 13.8. The molecule has 0 saturated heterocycles. The van der Waals surface area contributed by atoms with E-state index < -0.39 is 15.9 Å². The summed E-state index contributed by atoms with van der Waals surface area (Å²) in [5, 5.41) is 4.26. The third-order valence-electron chi connectivity index (χ3n) is 6.04. The SMILES string of the molecule is COc1ccc(/C(C)=N\NC(=O)c2ccccc2N(Cc2ccccc2)S(=O)(=O)c2ccccc2)cc1OC. The quantitative estimate of drug-likeness (QED) is 0.218. The monoisotopic (exact) mass is 543 g/mol. The number of nitrogens with one attached hydrogen (secondary N) is 1. The molecule has 0 saturated carbocycles. The Morgan fingerprint density at radius 1 is 0.821 bits per heavy atom. The van der Waals surface area contributed by atoms with Gasteiger partial charge in [0.2, 0.25) is 0 Å². The van der Waals surface area contributed by atoms with Crippen molar-refractivity contribution in [3.63, 3.8) is 0 Å². The van der Waals surface area contributed by atoms with Crippen molar-refractivity contribution in [1.29, 1.82) is 0 Å². The first-order chi connectivity index (χ1) is 18.8. The molecule has 4 rings (SSSR count). The molecule has 0 fully saturated rings. The van der Waals surface area contributed by atoms with Crippen LogP contribution in [0.1, 0.15) is 28.4 Å². The zero-order valence-corrected chi connectivity index (χ0v) is 22.7. The van der Waals surface area contributed by atoms with Gasteiger partial charge in [-0.05, 0) is 55.0 Å². The Kier molecular flexibility index (Phi) is 8.63. The van der Waals surface area contributed by atoms with Crippen LogP contribution in [-0.4, -0.2) is 34.3 Å². The van der Waals surface area contributed by atoms with Gasteiger partial charge in [0.25, 0.3) is 15.9 Å². The molecule has 8 nitrogen and oxygen atoms in total. The molecule has 0 aliphatic carbocycles. The van der Waals surface area contributed by atoms with Crippen LogP contribution in [0.3, 0.4) is 0 Å². The molecule has 1 N–H and O–H groups in total. The second-order valence-corrected chi connectivity index (χ2v) is 10.4. The van der Waals surface area contributed by atoms with Crippen molar-refractivity contribution in [2.24, 2.45) is 5.10 Å². The Morgan fingerprint density at radius 2 is 1.44 bits per heavy atom. The number of para-hydroxylation sites is 1. The van der Waals surface area contributed by atoms with Gasteiger partial charge in [-0.2, -0.15) is 5.10 Å². The third-order valence-corrected chi connectivity index (χ3v) is 7.82. The lowest BCUT2D eigenvalue weighted by atomic mass is 10.1. The van der Waals surface area contributed by atoms with Gasteiger partial charge in [0.1, 0.15) is 0 Å². The molecule has 1 amide bonds. The van der Waals surface area contributed by atoms with Crippen LogP contribution in [0, 0.1) is 0 Å². The number of sulfonamides is 1. The van der Waals surface area contributed by atoms with Crippen LogP contribution in [0.5, 0.6) is 11.5 Å². The summed E-state index contributed by atoms with van der Waals surface area (Å²) in [4.78, 5) is 13.5. The number of amides is 1. The van der Waals surface area contributed by atoms with Crippen molar-refractivity contribution >= 4 is 27.3 Å². The molecular formula is C30H29N3O5S. The average molecular weight is 544 g/mol. The highest BCUT2D eigenvalue weighted by Crippen LogP contribution is 2.30. The zero-order chi connectivity index (χ0) is 27.8. The van der Waals surface area contributed by atoms with Crippen LogP contribution in [0.2, 0.25) is 0 Å². The summed E-state index contributed by atoms with van der Waals surface area (Å²) < 4.78 is 39.5. The third kappa shape index (κ3) is 6.27. The lowest BCUT2D eigenvalue weighted by Gasteiger charge is -2.26. The Hall–Kier alpha value is -4.63. The summed E-state index contributed by atoms with van der Waals surface area (Å²) in [6.45, 7) is 1.78. The molecule has 0 aromatic heterocycles. The topological polar surface area (TPSA) is 97.3 Å². The van der Waals surface area contributed by atoms with E-state index in [2.05, 4.69) is 10.5 Å². The zero-order valence-electron chi connectivity index (χ0n) is 21.9. The number of methoxy groups -OCH3 is 2. The second kappa shape index (κ2) is 12.3. The summed E-state index contributed by atoms with van der Waals surface area (Å²) in [6.07, 6.45) is 0. The van der Waals surface area contributed by atoms with Gasteiger partial charge in [0.15, 0.2) is 11.5 Å². The Bertz CT molecular complexity index is 1570. The minimum atomic E-state index is -4.01. The molecular weight excluding hydrogens is 514 g/mol. The smallest absolute Gasteiger partial charge is 0.273 e. The van der Waals surface area contributed by atoms with Gasteiger partial charge in [0.05, 0.1) is 42.6 Å². The first-order valence-electron chi connectivity index (χ1n) is 12.1. The fraction of sp³-hybridized carbons (Fsp3) is 0.133. The van der Waals surface area contributed by atoms with Gasteiger partial charge in [-0.25, -0.2) is 13.8 Å². The van der Waals surface area contributed by atoms with E-state index in [4.69, 9.17) is 9.47 Å². The Morgan fingerprint density at radius 3 is 2.10 bits per heavy atom. The molecule has 0 atom stereocenters. The summed E-state index contributed by atoms with van der Waals surface area (Å²) in [5.74, 6) is 0.556. The summed E-state index contributed by atoms with van der Waals surface area (Å²) >= 11 is 0. The van der Waals surface area contributed by atoms with E-state index in [0.29, 0.717) is 17.2 Å². The van der Waals surface area contributed by atoms with Crippen molar-refractivity contribution in [3.05, 3.63) is 120 Å². The minimum Gasteiger partial charge on any atom is -0.493 e. The first-order valence-corrected chi connectivity index (χ1v) is 13.6. The van der Waals surface area contributed by atoms with E-state index in [1.165, 1.54) is 23.5 Å². The number of nitrogens with zero attached hydrogens (tertiary/aromatic N) is 2. The van der Waals surface area contributed by atoms with E-state index in [1.807, 2.05) is 30.3 Å². The van der Waals surface area contributed by atoms with Gasteiger partial charge in [-0.3, -0.25) is 9.10 Å². The number of ether oxygens (including phenoxy) is 2. The van der Waals surface area contributed by atoms with Crippen LogP contribution in [0.15, 0.2) is 113 Å². The number of anilines is 1. The summed E-state index contributed by atoms with van der Waals surface area (Å²) in [5.41, 5.74) is 4.99. The number of rotatable bonds is 10. The van der Waals surface area contributed by atoms with Crippen LogP contribution in [0.4, 0.5) is 5.69 Å². The lowest BCUT2D eigenvalue weighted by Crippen LogP contribution is -2.33. The standard InChI is InChI=1S/C30H29N3O5S/c1-22(24-18-19-28(37-2)29(20-24)38-3)31-32-30(34)26-16-10-11-17-27(26)33(21-23-12-6-4-7-13-23)39(35,36)25-14-8-5-9-15-25/h4-20H,21H2,1-3H3,(H,32,34)/b31-22-. The van der Waals surface area contributed by atoms with E-state index >= 15 is 0 Å². The Labute approximate surface area is 228 Å². The average Bonchev–Trinajstić information content (AvgIpc) is 2.99. The van der Waals surface area contributed by atoms with Crippen LogP contribution >= 0.6 is 0 Å². The molecule has 200 valence electrons. The van der Waals surface area contributed by atoms with Crippen molar-refractivity contribution < 1.29 is 22.7 Å². The molecule has 0 aliphatic heterocycles. The number of benzene rings is 4. The summed E-state index contributed by atoms with van der Waals surface area (Å²) in [6, 6.07) is 29.2. The maximum atomic E-state index is 13.8. The number of hydrazone groups is 1. The maximum Gasteiger partial charge on any atom is 0.273 e. The van der Waals surface area contributed by atoms with Crippen molar-refractivity contribution in [2.75, 3.05) is 18.5 Å². The highest BCUT2D eigenvalue weighted by Gasteiger charge is 2.28. The highest BCUT2D eigenvalue weighted by atomic mass is 32.2. The molecule has 4 aromatic carbocycles. The van der Waals surface area contributed by atoms with E-state index in [-0.39, 0.29) is 22.7 Å². The molecule has 0 radical (unpaired) electrons. The molecule has 0 heterocycles. The lowest BCUT2D eigenvalue weighted by molar-refractivity contribution is 0.0955. The van der Waals surface area contributed by atoms with Crippen molar-refractivity contribution in [1.82, 2.24) is 5.43 Å². The normalized spacial score (nSPS) is 11.5.